The first-order valence-electron chi connectivity index (χ1n) is 8.61. The Hall–Kier alpha value is -0.850. The van der Waals surface area contributed by atoms with Crippen molar-refractivity contribution in [2.75, 3.05) is 26.3 Å². The van der Waals surface area contributed by atoms with Crippen molar-refractivity contribution in [3.8, 4) is 0 Å². The molecular weight excluding hydrogens is 361 g/mol. The maximum absolute atomic E-state index is 12.2. The second-order valence-electron chi connectivity index (χ2n) is 6.75. The first-order valence-corrected chi connectivity index (χ1v) is 8.61. The van der Waals surface area contributed by atoms with Crippen LogP contribution in [0.25, 0.3) is 0 Å². The van der Waals surface area contributed by atoms with Gasteiger partial charge in [-0.3, -0.25) is 9.69 Å². The van der Waals surface area contributed by atoms with Crippen LogP contribution in [0.5, 0.6) is 0 Å². The average Bonchev–Trinajstić information content (AvgIpc) is 3.03. The highest BCUT2D eigenvalue weighted by atomic mass is 35.5. The zero-order valence-corrected chi connectivity index (χ0v) is 16.2. The highest BCUT2D eigenvalue weighted by molar-refractivity contribution is 5.86. The highest BCUT2D eigenvalue weighted by Crippen LogP contribution is 2.27. The lowest BCUT2D eigenvalue weighted by atomic mass is 9.98. The van der Waals surface area contributed by atoms with Crippen LogP contribution in [-0.2, 0) is 22.6 Å². The highest BCUT2D eigenvalue weighted by Gasteiger charge is 2.36. The molecule has 0 aromatic heterocycles. The second-order valence-corrected chi connectivity index (χ2v) is 6.75. The van der Waals surface area contributed by atoms with Crippen LogP contribution in [-0.4, -0.2) is 42.6 Å². The third kappa shape index (κ3) is 6.12. The van der Waals surface area contributed by atoms with Crippen LogP contribution < -0.4 is 11.1 Å². The molecule has 1 aliphatic carbocycles. The molecule has 0 spiro atoms. The number of ether oxygens (including phenoxy) is 1. The van der Waals surface area contributed by atoms with Gasteiger partial charge in [0.2, 0.25) is 5.91 Å². The minimum atomic E-state index is -0.643. The Kier molecular flexibility index (Phi) is 9.17. The molecule has 25 heavy (non-hydrogen) atoms. The molecule has 0 bridgehead atoms. The van der Waals surface area contributed by atoms with Crippen molar-refractivity contribution in [2.45, 2.75) is 44.3 Å². The molecule has 1 aromatic rings. The molecule has 3 N–H and O–H groups in total. The number of hydrogen-bond donors (Lipinski definition) is 2. The molecule has 1 saturated carbocycles. The van der Waals surface area contributed by atoms with Crippen LogP contribution in [0.15, 0.2) is 24.3 Å². The Bertz CT molecular complexity index is 528. The summed E-state index contributed by atoms with van der Waals surface area (Å²) in [6.07, 6.45) is 3.72. The fourth-order valence-electron chi connectivity index (χ4n) is 3.37. The predicted octanol–water partition coefficient (Wildman–Crippen LogP) is 2.25. The van der Waals surface area contributed by atoms with Gasteiger partial charge in [-0.1, -0.05) is 37.1 Å². The molecule has 0 unspecified atom stereocenters. The van der Waals surface area contributed by atoms with Gasteiger partial charge in [0.05, 0.1) is 18.8 Å². The van der Waals surface area contributed by atoms with Gasteiger partial charge in [0, 0.05) is 26.2 Å². The van der Waals surface area contributed by atoms with Crippen molar-refractivity contribution < 1.29 is 9.53 Å². The zero-order valence-electron chi connectivity index (χ0n) is 14.5. The topological polar surface area (TPSA) is 67.6 Å². The number of carbonyl (C=O) groups excluding carboxylic acids is 1. The summed E-state index contributed by atoms with van der Waals surface area (Å²) >= 11 is 0. The van der Waals surface area contributed by atoms with E-state index < -0.39 is 5.54 Å². The maximum atomic E-state index is 12.2. The number of rotatable bonds is 5. The number of morpholine rings is 1. The average molecular weight is 390 g/mol. The molecule has 1 aromatic carbocycles. The van der Waals surface area contributed by atoms with E-state index in [4.69, 9.17) is 10.5 Å². The monoisotopic (exact) mass is 389 g/mol. The van der Waals surface area contributed by atoms with E-state index >= 15 is 0 Å². The van der Waals surface area contributed by atoms with Gasteiger partial charge in [-0.05, 0) is 24.0 Å². The number of nitrogens with one attached hydrogen (secondary N) is 1. The Morgan fingerprint density at radius 1 is 1.08 bits per heavy atom. The van der Waals surface area contributed by atoms with E-state index in [1.54, 1.807) is 0 Å². The molecule has 142 valence electrons. The van der Waals surface area contributed by atoms with Crippen molar-refractivity contribution in [3.63, 3.8) is 0 Å². The second kappa shape index (κ2) is 10.3. The summed E-state index contributed by atoms with van der Waals surface area (Å²) in [5, 5.41) is 2.99. The van der Waals surface area contributed by atoms with Crippen molar-refractivity contribution in [1.82, 2.24) is 10.2 Å². The number of nitrogens with two attached hydrogens (primary N) is 1. The van der Waals surface area contributed by atoms with Crippen molar-refractivity contribution >= 4 is 30.7 Å². The van der Waals surface area contributed by atoms with E-state index in [0.29, 0.717) is 6.54 Å². The largest absolute Gasteiger partial charge is 0.379 e. The SMILES string of the molecule is Cl.Cl.NC1(C(=O)NCc2ccc(CN3CCOCC3)cc2)CCCC1. The molecule has 1 heterocycles. The van der Waals surface area contributed by atoms with Gasteiger partial charge >= 0.3 is 0 Å². The molecule has 5 nitrogen and oxygen atoms in total. The summed E-state index contributed by atoms with van der Waals surface area (Å²) < 4.78 is 5.37. The number of carbonyl (C=O) groups is 1. The molecule has 1 saturated heterocycles. The Morgan fingerprint density at radius 3 is 2.24 bits per heavy atom. The van der Waals surface area contributed by atoms with Crippen molar-refractivity contribution in [3.05, 3.63) is 35.4 Å². The summed E-state index contributed by atoms with van der Waals surface area (Å²) in [5.41, 5.74) is 7.94. The fraction of sp³-hybridized carbons (Fsp3) is 0.611. The molecule has 3 rings (SSSR count). The van der Waals surface area contributed by atoms with E-state index in [2.05, 4.69) is 34.5 Å². The lowest BCUT2D eigenvalue weighted by Gasteiger charge is -2.26. The Morgan fingerprint density at radius 2 is 1.64 bits per heavy atom. The lowest BCUT2D eigenvalue weighted by Crippen LogP contribution is -2.51. The summed E-state index contributed by atoms with van der Waals surface area (Å²) in [7, 11) is 0. The normalized spacial score (nSPS) is 19.6. The van der Waals surface area contributed by atoms with Crippen LogP contribution in [0.2, 0.25) is 0 Å². The van der Waals surface area contributed by atoms with E-state index in [1.165, 1.54) is 5.56 Å². The molecule has 1 aliphatic heterocycles. The summed E-state index contributed by atoms with van der Waals surface area (Å²) in [4.78, 5) is 14.6. The first kappa shape index (κ1) is 22.2. The van der Waals surface area contributed by atoms with Crippen LogP contribution >= 0.6 is 24.8 Å². The van der Waals surface area contributed by atoms with Crippen LogP contribution in [0, 0.1) is 0 Å². The van der Waals surface area contributed by atoms with Crippen LogP contribution in [0.1, 0.15) is 36.8 Å². The van der Waals surface area contributed by atoms with E-state index in [9.17, 15) is 4.79 Å². The van der Waals surface area contributed by atoms with E-state index in [0.717, 1.165) is 64.1 Å². The van der Waals surface area contributed by atoms with Gasteiger partial charge < -0.3 is 15.8 Å². The quantitative estimate of drug-likeness (QED) is 0.810. The van der Waals surface area contributed by atoms with Crippen molar-refractivity contribution in [2.24, 2.45) is 5.73 Å². The summed E-state index contributed by atoms with van der Waals surface area (Å²) in [5.74, 6) is -0.00704. The smallest absolute Gasteiger partial charge is 0.240 e. The van der Waals surface area contributed by atoms with E-state index in [1.807, 2.05) is 0 Å². The predicted molar refractivity (Wildman–Crippen MR) is 104 cm³/mol. The van der Waals surface area contributed by atoms with Gasteiger partial charge in [-0.15, -0.1) is 24.8 Å². The minimum absolute atomic E-state index is 0. The van der Waals surface area contributed by atoms with Crippen LogP contribution in [0.4, 0.5) is 0 Å². The van der Waals surface area contributed by atoms with Gasteiger partial charge in [0.25, 0.3) is 0 Å². The lowest BCUT2D eigenvalue weighted by molar-refractivity contribution is -0.126. The van der Waals surface area contributed by atoms with Gasteiger partial charge in [-0.25, -0.2) is 0 Å². The van der Waals surface area contributed by atoms with Crippen molar-refractivity contribution in [1.29, 1.82) is 0 Å². The fourth-order valence-corrected chi connectivity index (χ4v) is 3.37. The number of amides is 1. The Labute approximate surface area is 162 Å². The number of hydrogen-bond acceptors (Lipinski definition) is 4. The molecular formula is C18H29Cl2N3O2. The Balaban J connectivity index is 0.00000156. The summed E-state index contributed by atoms with van der Waals surface area (Å²) in [6, 6.07) is 8.47. The van der Waals surface area contributed by atoms with Gasteiger partial charge in [-0.2, -0.15) is 0 Å². The maximum Gasteiger partial charge on any atom is 0.240 e. The molecule has 7 heteroatoms. The number of benzene rings is 1. The van der Waals surface area contributed by atoms with Gasteiger partial charge in [0.1, 0.15) is 0 Å². The van der Waals surface area contributed by atoms with Gasteiger partial charge in [0.15, 0.2) is 0 Å². The zero-order chi connectivity index (χ0) is 16.1. The molecule has 0 radical (unpaired) electrons. The number of nitrogens with zero attached hydrogens (tertiary/aromatic N) is 1. The van der Waals surface area contributed by atoms with Crippen LogP contribution in [0.3, 0.4) is 0 Å². The summed E-state index contributed by atoms with van der Waals surface area (Å²) in [6.45, 7) is 5.15. The molecule has 2 fully saturated rings. The number of halogens is 2. The molecule has 0 atom stereocenters. The molecule has 2 aliphatic rings. The molecule has 1 amide bonds. The third-order valence-corrected chi connectivity index (χ3v) is 4.93. The standard InChI is InChI=1S/C18H27N3O2.2ClH/c19-18(7-1-2-8-18)17(22)20-13-15-3-5-16(6-4-15)14-21-9-11-23-12-10-21;;/h3-6H,1-2,7-14,19H2,(H,20,22);2*1H. The first-order chi connectivity index (χ1) is 11.2. The third-order valence-electron chi connectivity index (χ3n) is 4.93. The van der Waals surface area contributed by atoms with E-state index in [-0.39, 0.29) is 30.7 Å². The minimum Gasteiger partial charge on any atom is -0.379 e.